The normalized spacial score (nSPS) is 20.4. The van der Waals surface area contributed by atoms with Crippen LogP contribution in [0.15, 0.2) is 56.6 Å². The average Bonchev–Trinajstić information content (AvgIpc) is 3.07. The van der Waals surface area contributed by atoms with Gasteiger partial charge in [-0.05, 0) is 42.7 Å². The first-order chi connectivity index (χ1) is 15.2. The summed E-state index contributed by atoms with van der Waals surface area (Å²) in [5, 5.41) is 11.2. The first-order valence-electron chi connectivity index (χ1n) is 10.5. The Morgan fingerprint density at radius 1 is 1.44 bits per heavy atom. The molecule has 0 amide bonds. The van der Waals surface area contributed by atoms with Gasteiger partial charge in [0.05, 0.1) is 23.2 Å². The van der Waals surface area contributed by atoms with Crippen molar-refractivity contribution in [1.29, 1.82) is 5.26 Å². The Morgan fingerprint density at radius 2 is 2.19 bits per heavy atom. The molecule has 3 heterocycles. The Kier molecular flexibility index (Phi) is 5.87. The molecule has 0 saturated heterocycles. The summed E-state index contributed by atoms with van der Waals surface area (Å²) in [5.41, 5.74) is 9.44. The highest BCUT2D eigenvalue weighted by atomic mass is 35.5. The smallest absolute Gasteiger partial charge is 0.164 e. The fraction of sp³-hybridized carbons (Fsp3) is 0.375. The van der Waals surface area contributed by atoms with Crippen LogP contribution in [0, 0.1) is 23.7 Å². The van der Waals surface area contributed by atoms with E-state index in [9.17, 15) is 10.1 Å². The van der Waals surface area contributed by atoms with Crippen LogP contribution >= 0.6 is 23.4 Å². The van der Waals surface area contributed by atoms with E-state index < -0.39 is 5.92 Å². The minimum Gasteiger partial charge on any atom is -0.455 e. The van der Waals surface area contributed by atoms with Crippen molar-refractivity contribution in [3.63, 3.8) is 0 Å². The minimum absolute atomic E-state index is 0.0119. The largest absolute Gasteiger partial charge is 0.455 e. The number of aromatic nitrogens is 1. The second-order valence-corrected chi connectivity index (χ2v) is 10.4. The lowest BCUT2D eigenvalue weighted by molar-refractivity contribution is -0.118. The van der Waals surface area contributed by atoms with Crippen molar-refractivity contribution >= 4 is 34.8 Å². The quantitative estimate of drug-likeness (QED) is 0.454. The number of allylic oxidation sites excluding steroid dienone is 3. The van der Waals surface area contributed by atoms with Gasteiger partial charge in [-0.3, -0.25) is 9.69 Å². The molecule has 1 atom stereocenters. The number of carbonyl (C=O) groups excluding carboxylic acids is 1. The zero-order chi connectivity index (χ0) is 23.2. The lowest BCUT2D eigenvalue weighted by Crippen LogP contribution is -2.42. The van der Waals surface area contributed by atoms with Gasteiger partial charge in [0, 0.05) is 29.5 Å². The summed E-state index contributed by atoms with van der Waals surface area (Å²) in [5.74, 6) is 1.24. The van der Waals surface area contributed by atoms with Gasteiger partial charge < -0.3 is 10.2 Å². The number of anilines is 1. The van der Waals surface area contributed by atoms with Crippen LogP contribution in [0.25, 0.3) is 0 Å². The van der Waals surface area contributed by atoms with E-state index in [0.717, 1.165) is 22.8 Å². The van der Waals surface area contributed by atoms with E-state index in [2.05, 4.69) is 24.9 Å². The third-order valence-corrected chi connectivity index (χ3v) is 6.96. The summed E-state index contributed by atoms with van der Waals surface area (Å²) in [6.45, 7) is 8.03. The number of hydrogen-bond donors (Lipinski definition) is 1. The summed E-state index contributed by atoms with van der Waals surface area (Å²) < 4.78 is 5.93. The Labute approximate surface area is 197 Å². The SMILES string of the molecule is CCSc1oc(C)cc1C1C(C#N)=C(N)N(c2cccnc2Cl)C2=C1C(=O)CC(C)(C)C2. The molecule has 2 aromatic rings. The minimum atomic E-state index is -0.572. The number of nitriles is 1. The van der Waals surface area contributed by atoms with Crippen molar-refractivity contribution in [2.24, 2.45) is 11.1 Å². The van der Waals surface area contributed by atoms with Gasteiger partial charge in [0.15, 0.2) is 16.0 Å². The van der Waals surface area contributed by atoms with Gasteiger partial charge in [-0.25, -0.2) is 4.98 Å². The van der Waals surface area contributed by atoms with E-state index in [1.54, 1.807) is 35.0 Å². The maximum atomic E-state index is 13.6. The number of halogens is 1. The monoisotopic (exact) mass is 468 g/mol. The number of carbonyl (C=O) groups is 1. The number of furan rings is 1. The van der Waals surface area contributed by atoms with Crippen LogP contribution in [0.3, 0.4) is 0 Å². The van der Waals surface area contributed by atoms with Gasteiger partial charge >= 0.3 is 0 Å². The number of aryl methyl sites for hydroxylation is 1. The molecular formula is C24H25ClN4O2S. The molecule has 0 aromatic carbocycles. The second kappa shape index (κ2) is 8.34. The molecule has 1 aliphatic carbocycles. The molecule has 1 unspecified atom stereocenters. The molecule has 32 heavy (non-hydrogen) atoms. The van der Waals surface area contributed by atoms with E-state index in [1.165, 1.54) is 0 Å². The second-order valence-electron chi connectivity index (χ2n) is 8.83. The topological polar surface area (TPSA) is 96.2 Å². The standard InChI is InChI=1S/C24H25ClN4O2S/c1-5-32-23-14(9-13(2)31-23)19-15(12-26)22(27)29(16-7-6-8-28-21(16)25)17-10-24(3,4)11-18(30)20(17)19/h6-9,19H,5,10-11,27H2,1-4H3. The van der Waals surface area contributed by atoms with E-state index in [4.69, 9.17) is 21.8 Å². The average molecular weight is 469 g/mol. The molecule has 2 aliphatic rings. The molecule has 0 saturated carbocycles. The van der Waals surface area contributed by atoms with Crippen molar-refractivity contribution < 1.29 is 9.21 Å². The maximum absolute atomic E-state index is 13.6. The predicted octanol–water partition coefficient (Wildman–Crippen LogP) is 5.69. The number of pyridine rings is 1. The molecule has 4 rings (SSSR count). The molecule has 0 radical (unpaired) electrons. The Balaban J connectivity index is 2.03. The lowest BCUT2D eigenvalue weighted by atomic mass is 9.69. The van der Waals surface area contributed by atoms with Crippen LogP contribution in [0.2, 0.25) is 5.15 Å². The molecule has 2 aromatic heterocycles. The molecule has 8 heteroatoms. The Hall–Kier alpha value is -2.69. The highest BCUT2D eigenvalue weighted by Gasteiger charge is 2.46. The third kappa shape index (κ3) is 3.72. The first-order valence-corrected chi connectivity index (χ1v) is 11.8. The summed E-state index contributed by atoms with van der Waals surface area (Å²) in [6.07, 6.45) is 2.60. The summed E-state index contributed by atoms with van der Waals surface area (Å²) >= 11 is 7.99. The van der Waals surface area contributed by atoms with Crippen molar-refractivity contribution in [1.82, 2.24) is 4.98 Å². The van der Waals surface area contributed by atoms with Crippen LogP contribution < -0.4 is 10.6 Å². The van der Waals surface area contributed by atoms with Crippen molar-refractivity contribution in [3.8, 4) is 6.07 Å². The van der Waals surface area contributed by atoms with Crippen LogP contribution in [0.4, 0.5) is 5.69 Å². The van der Waals surface area contributed by atoms with Gasteiger partial charge in [0.1, 0.15) is 11.6 Å². The van der Waals surface area contributed by atoms with Gasteiger partial charge in [0.2, 0.25) is 0 Å². The molecular weight excluding hydrogens is 444 g/mol. The van der Waals surface area contributed by atoms with E-state index >= 15 is 0 Å². The molecule has 0 fully saturated rings. The summed E-state index contributed by atoms with van der Waals surface area (Å²) in [4.78, 5) is 19.5. The number of rotatable bonds is 4. The molecule has 0 bridgehead atoms. The zero-order valence-electron chi connectivity index (χ0n) is 18.5. The number of Topliss-reactive ketones (excluding diaryl/α,β-unsaturated/α-hetero) is 1. The van der Waals surface area contributed by atoms with E-state index in [0.29, 0.717) is 34.8 Å². The van der Waals surface area contributed by atoms with Gasteiger partial charge in [-0.1, -0.05) is 44.1 Å². The third-order valence-electron chi connectivity index (χ3n) is 5.80. The molecule has 166 valence electrons. The Morgan fingerprint density at radius 3 is 2.84 bits per heavy atom. The molecule has 0 spiro atoms. The van der Waals surface area contributed by atoms with Crippen molar-refractivity contribution in [3.05, 3.63) is 63.5 Å². The highest BCUT2D eigenvalue weighted by Crippen LogP contribution is 2.52. The van der Waals surface area contributed by atoms with Crippen molar-refractivity contribution in [2.45, 2.75) is 51.5 Å². The fourth-order valence-electron chi connectivity index (χ4n) is 4.60. The maximum Gasteiger partial charge on any atom is 0.164 e. The zero-order valence-corrected chi connectivity index (χ0v) is 20.1. The number of nitrogens with zero attached hydrogens (tertiary/aromatic N) is 3. The molecule has 6 nitrogen and oxygen atoms in total. The number of ketones is 1. The van der Waals surface area contributed by atoms with E-state index in [1.807, 2.05) is 19.9 Å². The van der Waals surface area contributed by atoms with Gasteiger partial charge in [-0.15, -0.1) is 0 Å². The van der Waals surface area contributed by atoms with Crippen molar-refractivity contribution in [2.75, 3.05) is 10.7 Å². The lowest BCUT2D eigenvalue weighted by Gasteiger charge is -2.43. The van der Waals surface area contributed by atoms with Gasteiger partial charge in [0.25, 0.3) is 0 Å². The van der Waals surface area contributed by atoms with Crippen LogP contribution in [-0.4, -0.2) is 16.5 Å². The van der Waals surface area contributed by atoms with Crippen LogP contribution in [0.1, 0.15) is 50.9 Å². The molecule has 2 N–H and O–H groups in total. The fourth-order valence-corrected chi connectivity index (χ4v) is 5.60. The van der Waals surface area contributed by atoms with Crippen LogP contribution in [0.5, 0.6) is 0 Å². The number of hydrogen-bond acceptors (Lipinski definition) is 7. The molecule has 1 aliphatic heterocycles. The van der Waals surface area contributed by atoms with Gasteiger partial charge in [-0.2, -0.15) is 5.26 Å². The highest BCUT2D eigenvalue weighted by molar-refractivity contribution is 7.99. The number of nitrogens with two attached hydrogens (primary N) is 1. The first kappa shape index (κ1) is 22.5. The summed E-state index contributed by atoms with van der Waals surface area (Å²) in [6, 6.07) is 7.76. The Bertz CT molecular complexity index is 1200. The predicted molar refractivity (Wildman–Crippen MR) is 126 cm³/mol. The van der Waals surface area contributed by atoms with Crippen LogP contribution in [-0.2, 0) is 4.79 Å². The summed E-state index contributed by atoms with van der Waals surface area (Å²) in [7, 11) is 0. The van der Waals surface area contributed by atoms with E-state index in [-0.39, 0.29) is 22.2 Å². The number of thioether (sulfide) groups is 1.